The molecule has 3 aromatic rings. The number of carbonyl (C=O) groups is 1. The first kappa shape index (κ1) is 17.2. The standard InChI is InChI=1S/C19H18N4O3/c1-25-17-11-14(22-19(20)23-17)12-26-16-10-6-5-9-15(16)18(24)21-13-7-3-2-4-8-13/h2-11H,12H2,1H3,(H,21,24)(H2,20,22,23). The van der Waals surface area contributed by atoms with Gasteiger partial charge in [0, 0.05) is 11.8 Å². The first-order chi connectivity index (χ1) is 12.7. The molecule has 0 saturated carbocycles. The largest absolute Gasteiger partial charge is 0.486 e. The van der Waals surface area contributed by atoms with Gasteiger partial charge in [-0.3, -0.25) is 4.79 Å². The molecule has 0 fully saturated rings. The number of nitrogens with zero attached hydrogens (tertiary/aromatic N) is 2. The number of benzene rings is 2. The van der Waals surface area contributed by atoms with E-state index >= 15 is 0 Å². The van der Waals surface area contributed by atoms with E-state index in [-0.39, 0.29) is 18.5 Å². The molecular formula is C19H18N4O3. The van der Waals surface area contributed by atoms with Crippen molar-refractivity contribution in [2.75, 3.05) is 18.2 Å². The van der Waals surface area contributed by atoms with Crippen LogP contribution in [0.15, 0.2) is 60.7 Å². The van der Waals surface area contributed by atoms with E-state index in [4.69, 9.17) is 15.2 Å². The number of methoxy groups -OCH3 is 1. The van der Waals surface area contributed by atoms with Crippen LogP contribution in [0.1, 0.15) is 16.1 Å². The van der Waals surface area contributed by atoms with Gasteiger partial charge in [-0.2, -0.15) is 4.98 Å². The van der Waals surface area contributed by atoms with Crippen molar-refractivity contribution in [1.82, 2.24) is 9.97 Å². The lowest BCUT2D eigenvalue weighted by Crippen LogP contribution is -2.14. The Morgan fingerprint density at radius 1 is 1.08 bits per heavy atom. The van der Waals surface area contributed by atoms with E-state index in [1.807, 2.05) is 30.3 Å². The van der Waals surface area contributed by atoms with Crippen LogP contribution in [0.2, 0.25) is 0 Å². The summed E-state index contributed by atoms with van der Waals surface area (Å²) < 4.78 is 10.8. The summed E-state index contributed by atoms with van der Waals surface area (Å²) >= 11 is 0. The summed E-state index contributed by atoms with van der Waals surface area (Å²) in [6.45, 7) is 0.124. The highest BCUT2D eigenvalue weighted by Crippen LogP contribution is 2.21. The van der Waals surface area contributed by atoms with Gasteiger partial charge in [-0.05, 0) is 24.3 Å². The van der Waals surface area contributed by atoms with Crippen LogP contribution in [0.4, 0.5) is 11.6 Å². The number of amides is 1. The number of hydrogen-bond donors (Lipinski definition) is 2. The molecule has 1 amide bonds. The molecule has 0 aliphatic rings. The summed E-state index contributed by atoms with van der Waals surface area (Å²) in [7, 11) is 1.50. The molecule has 0 aliphatic heterocycles. The molecule has 1 heterocycles. The minimum atomic E-state index is -0.258. The average molecular weight is 350 g/mol. The monoisotopic (exact) mass is 350 g/mol. The molecule has 0 spiro atoms. The van der Waals surface area contributed by atoms with Gasteiger partial charge in [0.05, 0.1) is 18.4 Å². The number of carbonyl (C=O) groups excluding carboxylic acids is 1. The van der Waals surface area contributed by atoms with Gasteiger partial charge in [-0.15, -0.1) is 0 Å². The van der Waals surface area contributed by atoms with Crippen LogP contribution in [0, 0.1) is 0 Å². The maximum absolute atomic E-state index is 12.5. The quantitative estimate of drug-likeness (QED) is 0.709. The lowest BCUT2D eigenvalue weighted by atomic mass is 10.2. The van der Waals surface area contributed by atoms with E-state index in [0.29, 0.717) is 28.6 Å². The fourth-order valence-corrected chi connectivity index (χ4v) is 2.32. The first-order valence-corrected chi connectivity index (χ1v) is 7.91. The third kappa shape index (κ3) is 4.27. The molecule has 2 aromatic carbocycles. The molecule has 0 atom stereocenters. The Bertz CT molecular complexity index is 900. The van der Waals surface area contributed by atoms with Crippen LogP contribution in [0.5, 0.6) is 11.6 Å². The Kier molecular flexibility index (Phi) is 5.28. The summed E-state index contributed by atoms with van der Waals surface area (Å²) in [5.74, 6) is 0.632. The highest BCUT2D eigenvalue weighted by Gasteiger charge is 2.13. The Morgan fingerprint density at radius 3 is 2.58 bits per heavy atom. The number of rotatable bonds is 6. The van der Waals surface area contributed by atoms with Crippen LogP contribution in [0.25, 0.3) is 0 Å². The van der Waals surface area contributed by atoms with Crippen LogP contribution in [-0.4, -0.2) is 23.0 Å². The predicted molar refractivity (Wildman–Crippen MR) is 98.2 cm³/mol. The number of nitrogens with two attached hydrogens (primary N) is 1. The third-order valence-corrected chi connectivity index (χ3v) is 3.52. The fraction of sp³-hybridized carbons (Fsp3) is 0.105. The second kappa shape index (κ2) is 7.98. The number of aromatic nitrogens is 2. The fourth-order valence-electron chi connectivity index (χ4n) is 2.32. The van der Waals surface area contributed by atoms with Crippen LogP contribution >= 0.6 is 0 Å². The summed E-state index contributed by atoms with van der Waals surface area (Å²) in [4.78, 5) is 20.6. The van der Waals surface area contributed by atoms with Crippen molar-refractivity contribution in [2.24, 2.45) is 0 Å². The summed E-state index contributed by atoms with van der Waals surface area (Å²) in [6, 6.07) is 17.8. The first-order valence-electron chi connectivity index (χ1n) is 7.91. The van der Waals surface area contributed by atoms with Crippen LogP contribution < -0.4 is 20.5 Å². The van der Waals surface area contributed by atoms with E-state index in [2.05, 4.69) is 15.3 Å². The van der Waals surface area contributed by atoms with Gasteiger partial charge in [0.2, 0.25) is 11.8 Å². The Morgan fingerprint density at radius 2 is 1.81 bits per heavy atom. The molecule has 7 heteroatoms. The second-order valence-electron chi connectivity index (χ2n) is 5.36. The minimum absolute atomic E-state index is 0.0954. The van der Waals surface area contributed by atoms with Gasteiger partial charge in [-0.25, -0.2) is 4.98 Å². The predicted octanol–water partition coefficient (Wildman–Crippen LogP) is 2.90. The second-order valence-corrected chi connectivity index (χ2v) is 5.36. The third-order valence-electron chi connectivity index (χ3n) is 3.52. The van der Waals surface area contributed by atoms with Gasteiger partial charge in [0.25, 0.3) is 5.91 Å². The number of nitrogen functional groups attached to an aromatic ring is 1. The van der Waals surface area contributed by atoms with Crippen molar-refractivity contribution in [1.29, 1.82) is 0 Å². The molecule has 0 bridgehead atoms. The molecule has 3 rings (SSSR count). The summed E-state index contributed by atoms with van der Waals surface area (Å²) in [6.07, 6.45) is 0. The Balaban J connectivity index is 1.75. The Hall–Kier alpha value is -3.61. The Labute approximate surface area is 150 Å². The van der Waals surface area contributed by atoms with Crippen LogP contribution in [0.3, 0.4) is 0 Å². The molecule has 0 radical (unpaired) electrons. The van der Waals surface area contributed by atoms with E-state index in [9.17, 15) is 4.79 Å². The normalized spacial score (nSPS) is 10.2. The SMILES string of the molecule is COc1cc(COc2ccccc2C(=O)Nc2ccccc2)nc(N)n1. The molecule has 132 valence electrons. The molecule has 26 heavy (non-hydrogen) atoms. The number of hydrogen-bond acceptors (Lipinski definition) is 6. The lowest BCUT2D eigenvalue weighted by Gasteiger charge is -2.12. The molecular weight excluding hydrogens is 332 g/mol. The van der Waals surface area contributed by atoms with Gasteiger partial charge >= 0.3 is 0 Å². The maximum atomic E-state index is 12.5. The van der Waals surface area contributed by atoms with Gasteiger partial charge in [-0.1, -0.05) is 30.3 Å². The van der Waals surface area contributed by atoms with Crippen LogP contribution in [-0.2, 0) is 6.61 Å². The summed E-state index contributed by atoms with van der Waals surface area (Å²) in [5.41, 5.74) is 7.33. The van der Waals surface area contributed by atoms with Crippen molar-refractivity contribution >= 4 is 17.5 Å². The van der Waals surface area contributed by atoms with Crippen molar-refractivity contribution in [2.45, 2.75) is 6.61 Å². The minimum Gasteiger partial charge on any atom is -0.486 e. The zero-order chi connectivity index (χ0) is 18.4. The highest BCUT2D eigenvalue weighted by molar-refractivity contribution is 6.06. The highest BCUT2D eigenvalue weighted by atomic mass is 16.5. The zero-order valence-corrected chi connectivity index (χ0v) is 14.2. The average Bonchev–Trinajstić information content (AvgIpc) is 2.67. The number of ether oxygens (including phenoxy) is 2. The van der Waals surface area contributed by atoms with E-state index in [0.717, 1.165) is 0 Å². The van der Waals surface area contributed by atoms with E-state index in [1.165, 1.54) is 7.11 Å². The van der Waals surface area contributed by atoms with Crippen molar-refractivity contribution in [3.63, 3.8) is 0 Å². The molecule has 0 unspecified atom stereocenters. The summed E-state index contributed by atoms with van der Waals surface area (Å²) in [5, 5.41) is 2.84. The van der Waals surface area contributed by atoms with Crippen molar-refractivity contribution in [3.05, 3.63) is 71.9 Å². The number of para-hydroxylation sites is 2. The smallest absolute Gasteiger partial charge is 0.259 e. The van der Waals surface area contributed by atoms with Crippen molar-refractivity contribution in [3.8, 4) is 11.6 Å². The van der Waals surface area contributed by atoms with Gasteiger partial charge < -0.3 is 20.5 Å². The topological polar surface area (TPSA) is 99.4 Å². The molecule has 0 saturated heterocycles. The van der Waals surface area contributed by atoms with Gasteiger partial charge in [0.1, 0.15) is 12.4 Å². The van der Waals surface area contributed by atoms with Gasteiger partial charge in [0.15, 0.2) is 0 Å². The van der Waals surface area contributed by atoms with E-state index < -0.39 is 0 Å². The lowest BCUT2D eigenvalue weighted by molar-refractivity contribution is 0.102. The number of nitrogens with one attached hydrogen (secondary N) is 1. The number of anilines is 2. The van der Waals surface area contributed by atoms with E-state index in [1.54, 1.807) is 30.3 Å². The molecule has 1 aromatic heterocycles. The zero-order valence-electron chi connectivity index (χ0n) is 14.2. The molecule has 7 nitrogen and oxygen atoms in total. The maximum Gasteiger partial charge on any atom is 0.259 e. The molecule has 0 aliphatic carbocycles. The molecule has 3 N–H and O–H groups in total. The van der Waals surface area contributed by atoms with Crippen molar-refractivity contribution < 1.29 is 14.3 Å².